The van der Waals surface area contributed by atoms with Gasteiger partial charge in [-0.2, -0.15) is 0 Å². The molecule has 94 valence electrons. The molecule has 0 saturated carbocycles. The summed E-state index contributed by atoms with van der Waals surface area (Å²) in [7, 11) is 2.20. The van der Waals surface area contributed by atoms with E-state index in [1.165, 1.54) is 12.8 Å². The molecule has 0 radical (unpaired) electrons. The topological polar surface area (TPSA) is 23.5 Å². The number of benzene rings is 1. The summed E-state index contributed by atoms with van der Waals surface area (Å²) in [5, 5.41) is 10.8. The lowest BCUT2D eigenvalue weighted by molar-refractivity contribution is -0.0493. The first-order valence-corrected chi connectivity index (χ1v) is 6.19. The molecule has 3 rings (SSSR count). The number of halogens is 1. The molecule has 2 unspecified atom stereocenters. The van der Waals surface area contributed by atoms with Gasteiger partial charge in [0.15, 0.2) is 0 Å². The number of aliphatic hydroxyl groups is 1. The highest BCUT2D eigenvalue weighted by molar-refractivity contribution is 5.85. The van der Waals surface area contributed by atoms with Crippen molar-refractivity contribution in [2.45, 2.75) is 43.4 Å². The maximum absolute atomic E-state index is 10.8. The van der Waals surface area contributed by atoms with Crippen molar-refractivity contribution >= 4 is 12.4 Å². The Balaban J connectivity index is 0.00000108. The molecule has 2 atom stereocenters. The van der Waals surface area contributed by atoms with Gasteiger partial charge in [0.25, 0.3) is 0 Å². The first kappa shape index (κ1) is 12.9. The van der Waals surface area contributed by atoms with Gasteiger partial charge in [0.2, 0.25) is 0 Å². The van der Waals surface area contributed by atoms with Crippen molar-refractivity contribution in [2.75, 3.05) is 7.05 Å². The van der Waals surface area contributed by atoms with E-state index in [0.717, 1.165) is 18.4 Å². The Bertz CT molecular complexity index is 367. The second kappa shape index (κ2) is 4.60. The second-order valence-corrected chi connectivity index (χ2v) is 5.36. The molecule has 2 fully saturated rings. The molecule has 0 spiro atoms. The second-order valence-electron chi connectivity index (χ2n) is 5.36. The molecule has 0 aromatic heterocycles. The van der Waals surface area contributed by atoms with E-state index < -0.39 is 5.60 Å². The summed E-state index contributed by atoms with van der Waals surface area (Å²) in [6, 6.07) is 11.3. The van der Waals surface area contributed by atoms with Crippen LogP contribution in [0, 0.1) is 0 Å². The Morgan fingerprint density at radius 2 is 1.65 bits per heavy atom. The Morgan fingerprint density at radius 3 is 2.18 bits per heavy atom. The number of rotatable bonds is 1. The van der Waals surface area contributed by atoms with E-state index >= 15 is 0 Å². The third-order valence-corrected chi connectivity index (χ3v) is 4.44. The summed E-state index contributed by atoms with van der Waals surface area (Å²) in [5.74, 6) is 0. The van der Waals surface area contributed by atoms with Crippen molar-refractivity contribution in [3.63, 3.8) is 0 Å². The zero-order valence-electron chi connectivity index (χ0n) is 10.2. The minimum absolute atomic E-state index is 0. The van der Waals surface area contributed by atoms with Crippen molar-refractivity contribution < 1.29 is 5.11 Å². The summed E-state index contributed by atoms with van der Waals surface area (Å²) in [6.45, 7) is 0. The predicted molar refractivity (Wildman–Crippen MR) is 71.4 cm³/mol. The average molecular weight is 254 g/mol. The lowest BCUT2D eigenvalue weighted by atomic mass is 9.81. The molecule has 2 heterocycles. The Hall–Kier alpha value is -0.570. The van der Waals surface area contributed by atoms with Crippen molar-refractivity contribution in [1.82, 2.24) is 4.90 Å². The minimum Gasteiger partial charge on any atom is -0.385 e. The van der Waals surface area contributed by atoms with E-state index in [-0.39, 0.29) is 12.4 Å². The molecule has 2 aliphatic rings. The Morgan fingerprint density at radius 1 is 1.12 bits per heavy atom. The molecule has 1 N–H and O–H groups in total. The van der Waals surface area contributed by atoms with E-state index in [9.17, 15) is 5.11 Å². The molecule has 0 amide bonds. The van der Waals surface area contributed by atoms with E-state index in [1.54, 1.807) is 0 Å². The molecule has 17 heavy (non-hydrogen) atoms. The van der Waals surface area contributed by atoms with Crippen molar-refractivity contribution in [1.29, 1.82) is 0 Å². The zero-order valence-corrected chi connectivity index (χ0v) is 11.0. The molecule has 0 aliphatic carbocycles. The highest BCUT2D eigenvalue weighted by Gasteiger charge is 2.46. The first-order valence-electron chi connectivity index (χ1n) is 6.19. The number of piperidine rings is 1. The normalized spacial score (nSPS) is 36.6. The predicted octanol–water partition coefficient (Wildman–Crippen LogP) is 2.55. The Kier molecular flexibility index (Phi) is 3.48. The summed E-state index contributed by atoms with van der Waals surface area (Å²) in [4.78, 5) is 2.46. The van der Waals surface area contributed by atoms with Crippen LogP contribution in [0.2, 0.25) is 0 Å². The van der Waals surface area contributed by atoms with Crippen LogP contribution in [-0.4, -0.2) is 29.1 Å². The number of fused-ring (bicyclic) bond motifs is 2. The molecule has 3 heteroatoms. The van der Waals surface area contributed by atoms with Gasteiger partial charge >= 0.3 is 0 Å². The van der Waals surface area contributed by atoms with E-state index in [1.807, 2.05) is 18.2 Å². The monoisotopic (exact) mass is 253 g/mol. The summed E-state index contributed by atoms with van der Waals surface area (Å²) < 4.78 is 0. The van der Waals surface area contributed by atoms with Crippen LogP contribution in [0.5, 0.6) is 0 Å². The van der Waals surface area contributed by atoms with Crippen LogP contribution in [0.3, 0.4) is 0 Å². The van der Waals surface area contributed by atoms with Gasteiger partial charge in [-0.25, -0.2) is 0 Å². The van der Waals surface area contributed by atoms with E-state index in [4.69, 9.17) is 0 Å². The fraction of sp³-hybridized carbons (Fsp3) is 0.571. The van der Waals surface area contributed by atoms with Gasteiger partial charge in [0.05, 0.1) is 5.60 Å². The van der Waals surface area contributed by atoms with Gasteiger partial charge < -0.3 is 10.0 Å². The average Bonchev–Trinajstić information content (AvgIpc) is 2.54. The van der Waals surface area contributed by atoms with Gasteiger partial charge in [0, 0.05) is 12.1 Å². The van der Waals surface area contributed by atoms with Crippen molar-refractivity contribution in [3.05, 3.63) is 35.9 Å². The fourth-order valence-corrected chi connectivity index (χ4v) is 3.43. The molecule has 2 saturated heterocycles. The van der Waals surface area contributed by atoms with Gasteiger partial charge in [-0.15, -0.1) is 12.4 Å². The number of nitrogens with zero attached hydrogens (tertiary/aromatic N) is 1. The Labute approximate surface area is 109 Å². The molecule has 2 aliphatic heterocycles. The third-order valence-electron chi connectivity index (χ3n) is 4.44. The number of hydrogen-bond donors (Lipinski definition) is 1. The lowest BCUT2D eigenvalue weighted by Crippen LogP contribution is -2.47. The van der Waals surface area contributed by atoms with Crippen molar-refractivity contribution in [3.8, 4) is 0 Å². The maximum atomic E-state index is 10.8. The highest BCUT2D eigenvalue weighted by Crippen LogP contribution is 2.44. The van der Waals surface area contributed by atoms with Crippen LogP contribution < -0.4 is 0 Å². The fourth-order valence-electron chi connectivity index (χ4n) is 3.43. The van der Waals surface area contributed by atoms with E-state index in [2.05, 4.69) is 24.1 Å². The van der Waals surface area contributed by atoms with Gasteiger partial charge in [-0.1, -0.05) is 30.3 Å². The zero-order chi connectivity index (χ0) is 11.2. The molecular weight excluding hydrogens is 234 g/mol. The molecular formula is C14H20ClNO. The summed E-state index contributed by atoms with van der Waals surface area (Å²) in [6.07, 6.45) is 4.28. The lowest BCUT2D eigenvalue weighted by Gasteiger charge is -2.42. The van der Waals surface area contributed by atoms with Gasteiger partial charge in [-0.05, 0) is 38.3 Å². The van der Waals surface area contributed by atoms with Crippen LogP contribution in [0.25, 0.3) is 0 Å². The molecule has 1 aromatic carbocycles. The highest BCUT2D eigenvalue weighted by atomic mass is 35.5. The van der Waals surface area contributed by atoms with E-state index in [0.29, 0.717) is 12.1 Å². The molecule has 2 bridgehead atoms. The maximum Gasteiger partial charge on any atom is 0.0926 e. The van der Waals surface area contributed by atoms with Crippen LogP contribution in [0.1, 0.15) is 31.2 Å². The smallest absolute Gasteiger partial charge is 0.0926 e. The standard InChI is InChI=1S/C14H19NO.ClH/c1-15-12-7-8-13(15)10-14(16,9-12)11-5-3-2-4-6-11;/h2-6,12-13,16H,7-10H2,1H3;1H. The van der Waals surface area contributed by atoms with Crippen LogP contribution in [0.15, 0.2) is 30.3 Å². The summed E-state index contributed by atoms with van der Waals surface area (Å²) in [5.41, 5.74) is 0.513. The SMILES string of the molecule is CN1C2CCC1CC(O)(c1ccccc1)C2.Cl. The third kappa shape index (κ3) is 2.10. The van der Waals surface area contributed by atoms with Gasteiger partial charge in [-0.3, -0.25) is 0 Å². The largest absolute Gasteiger partial charge is 0.385 e. The number of hydrogen-bond acceptors (Lipinski definition) is 2. The van der Waals surface area contributed by atoms with Crippen molar-refractivity contribution in [2.24, 2.45) is 0 Å². The van der Waals surface area contributed by atoms with Crippen LogP contribution in [-0.2, 0) is 5.60 Å². The quantitative estimate of drug-likeness (QED) is 0.832. The first-order chi connectivity index (χ1) is 7.69. The summed E-state index contributed by atoms with van der Waals surface area (Å²) >= 11 is 0. The van der Waals surface area contributed by atoms with Crippen LogP contribution in [0.4, 0.5) is 0 Å². The van der Waals surface area contributed by atoms with Crippen LogP contribution >= 0.6 is 12.4 Å². The molecule has 2 nitrogen and oxygen atoms in total. The molecule has 1 aromatic rings. The van der Waals surface area contributed by atoms with Gasteiger partial charge in [0.1, 0.15) is 0 Å². The minimum atomic E-state index is -0.584.